The Morgan fingerprint density at radius 1 is 0.947 bits per heavy atom. The molecule has 0 spiro atoms. The van der Waals surface area contributed by atoms with Gasteiger partial charge in [-0.25, -0.2) is 13.2 Å². The molecule has 4 unspecified atom stereocenters. The average Bonchev–Trinajstić information content (AvgIpc) is 3.15. The summed E-state index contributed by atoms with van der Waals surface area (Å²) in [6, 6.07) is 0.996. The maximum atomic E-state index is 11.6. The van der Waals surface area contributed by atoms with Gasteiger partial charge in [-0.15, -0.1) is 0 Å². The van der Waals surface area contributed by atoms with Crippen molar-refractivity contribution < 1.29 is 36.6 Å². The van der Waals surface area contributed by atoms with Crippen LogP contribution in [0.2, 0.25) is 0 Å². The first-order chi connectivity index (χ1) is 17.9. The van der Waals surface area contributed by atoms with Crippen LogP contribution in [0.15, 0.2) is 21.9 Å². The van der Waals surface area contributed by atoms with Gasteiger partial charge < -0.3 is 24.0 Å². The Kier molecular flexibility index (Phi) is 15.5. The Labute approximate surface area is 226 Å². The lowest BCUT2D eigenvalue weighted by molar-refractivity contribution is -0.929. The lowest BCUT2D eigenvalue weighted by atomic mass is 10.1. The predicted octanol–water partition coefficient (Wildman–Crippen LogP) is 1.64. The summed E-state index contributed by atoms with van der Waals surface area (Å²) in [7, 11) is -4.99. The maximum absolute atomic E-state index is 11.6. The molecule has 1 aromatic heterocycles. The highest BCUT2D eigenvalue weighted by molar-refractivity contribution is 7.80. The van der Waals surface area contributed by atoms with Crippen LogP contribution in [0.25, 0.3) is 0 Å². The third-order valence-corrected chi connectivity index (χ3v) is 7.21. The number of rotatable bonds is 16. The van der Waals surface area contributed by atoms with Crippen LogP contribution in [0.4, 0.5) is 0 Å². The zero-order chi connectivity index (χ0) is 28.8. The lowest BCUT2D eigenvalue weighted by Gasteiger charge is -2.39. The van der Waals surface area contributed by atoms with Gasteiger partial charge in [0.2, 0.25) is 10.4 Å². The van der Waals surface area contributed by atoms with Crippen molar-refractivity contribution in [2.45, 2.75) is 104 Å². The number of hydrogen-bond acceptors (Lipinski definition) is 9. The van der Waals surface area contributed by atoms with E-state index in [0.29, 0.717) is 0 Å². The van der Waals surface area contributed by atoms with Gasteiger partial charge in [-0.1, -0.05) is 53.4 Å². The Morgan fingerprint density at radius 2 is 1.42 bits per heavy atom. The summed E-state index contributed by atoms with van der Waals surface area (Å²) in [6.45, 7) is 14.2. The molecule has 1 aliphatic heterocycles. The molecule has 38 heavy (non-hydrogen) atoms. The fraction of sp³-hybridized carbons (Fsp3) is 0.840. The van der Waals surface area contributed by atoms with Crippen molar-refractivity contribution in [1.82, 2.24) is 9.55 Å². The summed E-state index contributed by atoms with van der Waals surface area (Å²) in [6.07, 6.45) is 6.22. The molecule has 12 nitrogen and oxygen atoms in total. The molecule has 1 aromatic rings. The average molecular weight is 566 g/mol. The minimum atomic E-state index is -4.99. The molecule has 1 fully saturated rings. The molecule has 222 valence electrons. The molecule has 3 N–H and O–H groups in total. The van der Waals surface area contributed by atoms with Gasteiger partial charge in [0.25, 0.3) is 5.56 Å². The van der Waals surface area contributed by atoms with E-state index in [1.54, 1.807) is 0 Å². The van der Waals surface area contributed by atoms with Crippen molar-refractivity contribution in [2.75, 3.05) is 32.8 Å². The second-order valence-electron chi connectivity index (χ2n) is 9.91. The smallest absolute Gasteiger partial charge is 0.330 e. The Bertz CT molecular complexity index is 974. The van der Waals surface area contributed by atoms with Crippen molar-refractivity contribution in [3.8, 4) is 0 Å². The standard InChI is InChI=1S/C16H36N.C9H12N2O9S/c1-5-9-13-17(14-10-6-2,15-11-7-3)16-12-8-4;12-5-1-2-11(9(15)10-5)8-7(14)6(13)4(20-8)3-19-21(16,17)18/h5-16H2,1-4H3;1-2,4,6-8,13-14H,3H2,(H,10,12,15)(H,16,17,18)/q+1;/p-1. The minimum absolute atomic E-state index is 0.665. The van der Waals surface area contributed by atoms with Gasteiger partial charge in [-0.3, -0.25) is 18.5 Å². The number of hydrogen-bond donors (Lipinski definition) is 3. The fourth-order valence-corrected chi connectivity index (χ4v) is 4.82. The van der Waals surface area contributed by atoms with Crippen LogP contribution in [-0.2, 0) is 19.3 Å². The molecular weight excluding hydrogens is 518 g/mol. The molecule has 2 heterocycles. The number of aliphatic hydroxyl groups excluding tert-OH is 2. The predicted molar refractivity (Wildman–Crippen MR) is 142 cm³/mol. The number of aliphatic hydroxyl groups is 2. The normalized spacial score (nSPS) is 21.8. The molecule has 0 radical (unpaired) electrons. The largest absolute Gasteiger partial charge is 0.726 e. The number of unbranched alkanes of at least 4 members (excludes halogenated alkanes) is 4. The first-order valence-electron chi connectivity index (χ1n) is 13.7. The zero-order valence-electron chi connectivity index (χ0n) is 23.2. The van der Waals surface area contributed by atoms with Crippen LogP contribution in [-0.4, -0.2) is 88.3 Å². The third kappa shape index (κ3) is 11.6. The van der Waals surface area contributed by atoms with E-state index >= 15 is 0 Å². The Balaban J connectivity index is 0.000000391. The number of nitrogens with one attached hydrogen (secondary N) is 1. The highest BCUT2D eigenvalue weighted by Gasteiger charge is 2.44. The molecule has 4 atom stereocenters. The van der Waals surface area contributed by atoms with Gasteiger partial charge in [0.05, 0.1) is 32.8 Å². The van der Waals surface area contributed by atoms with Crippen molar-refractivity contribution in [1.29, 1.82) is 0 Å². The summed E-state index contributed by atoms with van der Waals surface area (Å²) >= 11 is 0. The van der Waals surface area contributed by atoms with Crippen molar-refractivity contribution in [3.05, 3.63) is 33.1 Å². The molecule has 2 rings (SSSR count). The number of aromatic nitrogens is 2. The molecule has 0 amide bonds. The van der Waals surface area contributed by atoms with Crippen molar-refractivity contribution in [2.24, 2.45) is 0 Å². The molecule has 0 aromatic carbocycles. The number of nitrogens with zero attached hydrogens (tertiary/aromatic N) is 2. The van der Waals surface area contributed by atoms with E-state index in [9.17, 15) is 32.8 Å². The van der Waals surface area contributed by atoms with Gasteiger partial charge in [0, 0.05) is 12.3 Å². The van der Waals surface area contributed by atoms with Crippen LogP contribution in [0.1, 0.15) is 85.3 Å². The second kappa shape index (κ2) is 17.2. The summed E-state index contributed by atoms with van der Waals surface area (Å²) < 4.78 is 42.3. The van der Waals surface area contributed by atoms with E-state index in [1.807, 2.05) is 4.98 Å². The summed E-state index contributed by atoms with van der Waals surface area (Å²) in [5, 5.41) is 19.5. The highest BCUT2D eigenvalue weighted by atomic mass is 32.3. The molecule has 0 bridgehead atoms. The van der Waals surface area contributed by atoms with Crippen molar-refractivity contribution in [3.63, 3.8) is 0 Å². The molecule has 1 aliphatic rings. The SMILES string of the molecule is CCCC[N+](CCCC)(CCCC)CCCC.O=c1ccn(C2OC(COS(=O)(=O)[O-])C(O)C2O)c(=O)[nH]1. The maximum Gasteiger partial charge on any atom is 0.330 e. The first kappa shape index (κ1) is 34.4. The number of ether oxygens (including phenoxy) is 1. The topological polar surface area (TPSA) is 171 Å². The van der Waals surface area contributed by atoms with Crippen LogP contribution in [0.5, 0.6) is 0 Å². The minimum Gasteiger partial charge on any atom is -0.726 e. The molecular formula is C25H47N3O9S. The van der Waals surface area contributed by atoms with Gasteiger partial charge in [-0.2, -0.15) is 0 Å². The van der Waals surface area contributed by atoms with E-state index in [2.05, 4.69) is 31.9 Å². The second-order valence-corrected chi connectivity index (χ2v) is 11.0. The monoisotopic (exact) mass is 565 g/mol. The lowest BCUT2D eigenvalue weighted by Crippen LogP contribution is -2.50. The summed E-state index contributed by atoms with van der Waals surface area (Å²) in [5.41, 5.74) is -1.56. The molecule has 0 aliphatic carbocycles. The first-order valence-corrected chi connectivity index (χ1v) is 15.0. The van der Waals surface area contributed by atoms with E-state index in [0.717, 1.165) is 16.8 Å². The van der Waals surface area contributed by atoms with E-state index in [1.165, 1.54) is 82.0 Å². The zero-order valence-corrected chi connectivity index (χ0v) is 24.0. The summed E-state index contributed by atoms with van der Waals surface area (Å²) in [5.74, 6) is 0. The van der Waals surface area contributed by atoms with Crippen LogP contribution >= 0.6 is 0 Å². The number of aromatic amines is 1. The van der Waals surface area contributed by atoms with Crippen LogP contribution in [0, 0.1) is 0 Å². The Hall–Kier alpha value is -1.61. The highest BCUT2D eigenvalue weighted by Crippen LogP contribution is 2.28. The van der Waals surface area contributed by atoms with E-state index < -0.39 is 52.8 Å². The van der Waals surface area contributed by atoms with Gasteiger partial charge >= 0.3 is 5.69 Å². The molecule has 0 saturated carbocycles. The van der Waals surface area contributed by atoms with Gasteiger partial charge in [0.1, 0.15) is 18.3 Å². The quantitative estimate of drug-likeness (QED) is 0.153. The number of H-pyrrole nitrogens is 1. The third-order valence-electron chi connectivity index (χ3n) is 6.78. The van der Waals surface area contributed by atoms with Crippen LogP contribution in [0.3, 0.4) is 0 Å². The van der Waals surface area contributed by atoms with Gasteiger partial charge in [0.15, 0.2) is 6.23 Å². The Morgan fingerprint density at radius 3 is 1.82 bits per heavy atom. The van der Waals surface area contributed by atoms with E-state index in [-0.39, 0.29) is 0 Å². The summed E-state index contributed by atoms with van der Waals surface area (Å²) in [4.78, 5) is 24.4. The van der Waals surface area contributed by atoms with Crippen molar-refractivity contribution >= 4 is 10.4 Å². The van der Waals surface area contributed by atoms with E-state index in [4.69, 9.17) is 4.74 Å². The fourth-order valence-electron chi connectivity index (χ4n) is 4.52. The number of quaternary nitrogens is 1. The van der Waals surface area contributed by atoms with Gasteiger partial charge in [-0.05, 0) is 25.7 Å². The molecule has 1 saturated heterocycles. The molecule has 13 heteroatoms. The van der Waals surface area contributed by atoms with Crippen LogP contribution < -0.4 is 11.2 Å².